The molecule has 2 heterocycles. The van der Waals surface area contributed by atoms with Crippen LogP contribution >= 0.6 is 0 Å². The minimum atomic E-state index is -0.00678. The van der Waals surface area contributed by atoms with E-state index >= 15 is 0 Å². The van der Waals surface area contributed by atoms with Gasteiger partial charge in [-0.15, -0.1) is 0 Å². The number of carbonyl (C=O) groups is 2. The maximum absolute atomic E-state index is 13.0. The lowest BCUT2D eigenvalue weighted by atomic mass is 9.47. The highest BCUT2D eigenvalue weighted by atomic mass is 16.5. The van der Waals surface area contributed by atoms with E-state index in [1.165, 1.54) is 19.3 Å². The van der Waals surface area contributed by atoms with Gasteiger partial charge in [0.05, 0.1) is 7.11 Å². The summed E-state index contributed by atoms with van der Waals surface area (Å²) in [7, 11) is 3.54. The Labute approximate surface area is 202 Å². The molecule has 1 aromatic heterocycles. The van der Waals surface area contributed by atoms with E-state index in [9.17, 15) is 9.59 Å². The minimum absolute atomic E-state index is 0.00678. The number of hydrogen-bond donors (Lipinski definition) is 1. The number of amides is 2. The van der Waals surface area contributed by atoms with Crippen molar-refractivity contribution in [2.24, 2.45) is 34.5 Å². The number of hydrogen-bond acceptors (Lipinski definition) is 5. The van der Waals surface area contributed by atoms with Gasteiger partial charge >= 0.3 is 0 Å². The Kier molecular flexibility index (Phi) is 5.72. The van der Waals surface area contributed by atoms with Crippen LogP contribution in [-0.4, -0.2) is 46.9 Å². The lowest BCUT2D eigenvalue weighted by molar-refractivity contribution is -0.139. The number of likely N-dealkylation sites (N-methyl/N-ethyl adjacent to an activating group) is 1. The Morgan fingerprint density at radius 3 is 2.74 bits per heavy atom. The second-order valence-electron chi connectivity index (χ2n) is 11.6. The van der Waals surface area contributed by atoms with E-state index in [1.807, 2.05) is 18.9 Å². The quantitative estimate of drug-likeness (QED) is 0.712. The van der Waals surface area contributed by atoms with E-state index in [4.69, 9.17) is 4.74 Å². The Morgan fingerprint density at radius 1 is 1.18 bits per heavy atom. The van der Waals surface area contributed by atoms with Crippen LogP contribution in [0.25, 0.3) is 0 Å². The van der Waals surface area contributed by atoms with Gasteiger partial charge in [0, 0.05) is 36.7 Å². The Morgan fingerprint density at radius 2 is 1.97 bits per heavy atom. The van der Waals surface area contributed by atoms with E-state index in [1.54, 1.807) is 19.3 Å². The first-order valence-electron chi connectivity index (χ1n) is 12.8. The fraction of sp³-hybridized carbons (Fsp3) is 0.704. The van der Waals surface area contributed by atoms with Crippen LogP contribution in [0, 0.1) is 41.4 Å². The van der Waals surface area contributed by atoms with E-state index in [0.29, 0.717) is 48.0 Å². The molecule has 0 spiro atoms. The first-order chi connectivity index (χ1) is 16.2. The molecule has 7 atom stereocenters. The molecule has 1 aliphatic heterocycles. The minimum Gasteiger partial charge on any atom is -0.481 e. The summed E-state index contributed by atoms with van der Waals surface area (Å²) in [4.78, 5) is 35.9. The van der Waals surface area contributed by atoms with Crippen LogP contribution in [0.15, 0.2) is 18.2 Å². The zero-order chi connectivity index (χ0) is 24.3. The highest BCUT2D eigenvalue weighted by molar-refractivity contribution is 5.89. The fourth-order valence-corrected chi connectivity index (χ4v) is 8.28. The Bertz CT molecular complexity index is 1030. The van der Waals surface area contributed by atoms with Gasteiger partial charge in [0.15, 0.2) is 0 Å². The van der Waals surface area contributed by atoms with Gasteiger partial charge in [0.2, 0.25) is 23.6 Å². The van der Waals surface area contributed by atoms with E-state index in [-0.39, 0.29) is 22.6 Å². The number of nitrogens with one attached hydrogen (secondary N) is 1. The van der Waals surface area contributed by atoms with Gasteiger partial charge in [-0.1, -0.05) is 19.9 Å². The molecule has 1 aromatic rings. The summed E-state index contributed by atoms with van der Waals surface area (Å²) < 4.78 is 5.22. The molecule has 0 radical (unpaired) electrons. The number of carbonyl (C=O) groups excluding carboxylic acids is 2. The van der Waals surface area contributed by atoms with Gasteiger partial charge in [-0.25, -0.2) is 4.98 Å². The Balaban J connectivity index is 1.30. The Hall–Kier alpha value is -2.44. The number of rotatable bonds is 4. The van der Waals surface area contributed by atoms with Gasteiger partial charge in [0.25, 0.3) is 0 Å². The summed E-state index contributed by atoms with van der Waals surface area (Å²) in [5.74, 6) is 3.22. The SMILES string of the molecule is COc1cc(C)nc(NC(=O)C[C@H]2CC[C@H]3[C@@H]4CC[C@H]5N(C)C(=O)C=C[C@]5(C)[C@H]4CC[C@]23C)n1. The van der Waals surface area contributed by atoms with E-state index in [0.717, 1.165) is 25.0 Å². The van der Waals surface area contributed by atoms with E-state index < -0.39 is 0 Å². The highest BCUT2D eigenvalue weighted by Crippen LogP contribution is 2.65. The molecule has 184 valence electrons. The molecule has 3 fully saturated rings. The van der Waals surface area contributed by atoms with E-state index in [2.05, 4.69) is 35.2 Å². The first-order valence-corrected chi connectivity index (χ1v) is 12.8. The fourth-order valence-electron chi connectivity index (χ4n) is 8.28. The van der Waals surface area contributed by atoms with Gasteiger partial charge in [-0.05, 0) is 80.6 Å². The maximum atomic E-state index is 13.0. The number of ether oxygens (including phenoxy) is 1. The molecule has 1 N–H and O–H groups in total. The number of nitrogens with zero attached hydrogens (tertiary/aromatic N) is 3. The van der Waals surface area contributed by atoms with Crippen LogP contribution in [0.2, 0.25) is 0 Å². The number of aromatic nitrogens is 2. The number of methoxy groups -OCH3 is 1. The molecule has 0 unspecified atom stereocenters. The molecule has 0 bridgehead atoms. The largest absolute Gasteiger partial charge is 0.481 e. The molecule has 7 nitrogen and oxygen atoms in total. The molecule has 0 aromatic carbocycles. The number of fused-ring (bicyclic) bond motifs is 5. The predicted molar refractivity (Wildman–Crippen MR) is 130 cm³/mol. The third-order valence-corrected chi connectivity index (χ3v) is 10.0. The van der Waals surface area contributed by atoms with Crippen LogP contribution < -0.4 is 10.1 Å². The topological polar surface area (TPSA) is 84.4 Å². The van der Waals surface area contributed by atoms with Crippen molar-refractivity contribution in [3.8, 4) is 5.88 Å². The molecule has 0 saturated heterocycles. The van der Waals surface area contributed by atoms with Gasteiger partial charge in [-0.2, -0.15) is 4.98 Å². The van der Waals surface area contributed by atoms with Crippen LogP contribution in [0.1, 0.15) is 64.5 Å². The molecule has 5 rings (SSSR count). The van der Waals surface area contributed by atoms with Gasteiger partial charge in [0.1, 0.15) is 0 Å². The van der Waals surface area contributed by atoms with Gasteiger partial charge < -0.3 is 9.64 Å². The molecule has 4 aliphatic rings. The first kappa shape index (κ1) is 23.3. The third-order valence-electron chi connectivity index (χ3n) is 10.0. The van der Waals surface area contributed by atoms with Crippen LogP contribution in [0.4, 0.5) is 5.95 Å². The molecular weight excluding hydrogens is 428 g/mol. The average Bonchev–Trinajstić information content (AvgIpc) is 3.12. The second kappa shape index (κ2) is 8.35. The van der Waals surface area contributed by atoms with Gasteiger partial charge in [-0.3, -0.25) is 14.9 Å². The van der Waals surface area contributed by atoms with Crippen molar-refractivity contribution in [1.29, 1.82) is 0 Å². The molecule has 2 amide bonds. The average molecular weight is 467 g/mol. The third kappa shape index (κ3) is 3.62. The van der Waals surface area contributed by atoms with Crippen molar-refractivity contribution in [2.75, 3.05) is 19.5 Å². The summed E-state index contributed by atoms with van der Waals surface area (Å²) in [5, 5.41) is 2.92. The van der Waals surface area contributed by atoms with Crippen molar-refractivity contribution in [3.63, 3.8) is 0 Å². The second-order valence-corrected chi connectivity index (χ2v) is 11.6. The molecule has 34 heavy (non-hydrogen) atoms. The van der Waals surface area contributed by atoms with Crippen molar-refractivity contribution >= 4 is 17.8 Å². The molecule has 3 saturated carbocycles. The van der Waals surface area contributed by atoms with Crippen LogP contribution in [0.5, 0.6) is 5.88 Å². The lowest BCUT2D eigenvalue weighted by Crippen LogP contribution is -2.59. The molecule has 3 aliphatic carbocycles. The summed E-state index contributed by atoms with van der Waals surface area (Å²) in [6, 6.07) is 2.06. The molecular formula is C27H38N4O3. The predicted octanol–water partition coefficient (Wildman–Crippen LogP) is 4.38. The maximum Gasteiger partial charge on any atom is 0.246 e. The lowest BCUT2D eigenvalue weighted by Gasteiger charge is -2.60. The summed E-state index contributed by atoms with van der Waals surface area (Å²) in [6.07, 6.45) is 11.4. The monoisotopic (exact) mass is 466 g/mol. The highest BCUT2D eigenvalue weighted by Gasteiger charge is 2.60. The van der Waals surface area contributed by atoms with Crippen LogP contribution in [0.3, 0.4) is 0 Å². The smallest absolute Gasteiger partial charge is 0.246 e. The van der Waals surface area contributed by atoms with Crippen LogP contribution in [-0.2, 0) is 9.59 Å². The summed E-state index contributed by atoms with van der Waals surface area (Å²) in [5.41, 5.74) is 1.01. The zero-order valence-corrected chi connectivity index (χ0v) is 21.1. The zero-order valence-electron chi connectivity index (χ0n) is 21.1. The van der Waals surface area contributed by atoms with Crippen molar-refractivity contribution < 1.29 is 14.3 Å². The number of anilines is 1. The summed E-state index contributed by atoms with van der Waals surface area (Å²) in [6.45, 7) is 6.68. The van der Waals surface area contributed by atoms with Crippen molar-refractivity contribution in [3.05, 3.63) is 23.9 Å². The van der Waals surface area contributed by atoms with Crippen molar-refractivity contribution in [1.82, 2.24) is 14.9 Å². The standard InChI is InChI=1S/C27H38N4O3/c1-16-14-23(34-5)30-25(28-16)29-22(32)15-17-6-8-19-18-7-9-21-27(3,13-11-24(33)31(21)4)20(18)10-12-26(17,19)2/h11,13-14,17-21H,6-10,12,15H2,1-5H3,(H,28,29,30,32)/t17-,18+,19+,20+,21-,26-,27-/m1/s1. The summed E-state index contributed by atoms with van der Waals surface area (Å²) >= 11 is 0. The molecule has 7 heteroatoms. The number of aryl methyl sites for hydroxylation is 1. The van der Waals surface area contributed by atoms with Crippen molar-refractivity contribution in [2.45, 2.75) is 71.8 Å². The normalized spacial score (nSPS) is 38.7.